The van der Waals surface area contributed by atoms with Crippen LogP contribution in [0.4, 0.5) is 0 Å². The summed E-state index contributed by atoms with van der Waals surface area (Å²) in [6.45, 7) is 2.03. The van der Waals surface area contributed by atoms with Crippen LogP contribution in [0.1, 0.15) is 5.56 Å². The van der Waals surface area contributed by atoms with Crippen LogP contribution >= 0.6 is 0 Å². The molecule has 1 aromatic heterocycles. The Balaban J connectivity index is 2.11. The maximum Gasteiger partial charge on any atom is 0.368 e. The number of nitrogens with zero attached hydrogens (tertiary/aromatic N) is 2. The summed E-state index contributed by atoms with van der Waals surface area (Å²) >= 11 is -0.776. The molecule has 0 unspecified atom stereocenters. The van der Waals surface area contributed by atoms with Gasteiger partial charge in [0.15, 0.2) is 3.57 Å². The van der Waals surface area contributed by atoms with E-state index in [1.807, 2.05) is 61.5 Å². The van der Waals surface area contributed by atoms with Crippen molar-refractivity contribution in [3.05, 3.63) is 77.7 Å². The number of aryl methyl sites for hydroxylation is 2. The molecule has 0 atom stereocenters. The number of halogens is 1. The van der Waals surface area contributed by atoms with Gasteiger partial charge in [-0.1, -0.05) is 48.0 Å². The van der Waals surface area contributed by atoms with E-state index in [9.17, 15) is 9.90 Å². The van der Waals surface area contributed by atoms with Crippen LogP contribution in [-0.4, -0.2) is 14.9 Å². The second-order valence-corrected chi connectivity index (χ2v) is 8.06. The molecule has 0 saturated heterocycles. The normalized spacial score (nSPS) is 10.7. The van der Waals surface area contributed by atoms with Crippen LogP contribution in [0.15, 0.2) is 59.4 Å². The quantitative estimate of drug-likeness (QED) is 0.588. The molecule has 5 heteroatoms. The smallest absolute Gasteiger partial charge is 0.368 e. The lowest BCUT2D eigenvalue weighted by Gasteiger charge is -2.05. The Morgan fingerprint density at radius 2 is 1.70 bits per heavy atom. The summed E-state index contributed by atoms with van der Waals surface area (Å²) in [4.78, 5) is 12.4. The van der Waals surface area contributed by atoms with Gasteiger partial charge in [-0.3, -0.25) is 4.79 Å². The lowest BCUT2D eigenvalue weighted by molar-refractivity contribution is -0.600. The highest BCUT2D eigenvalue weighted by molar-refractivity contribution is 5.64. The SMILES string of the molecule is Cc1ccc([I+]c2c(O)c(-c3ccccc3)nn(C)c2=O)cc1. The molecule has 0 aliphatic heterocycles. The number of hydrogen-bond donors (Lipinski definition) is 1. The fourth-order valence-electron chi connectivity index (χ4n) is 2.17. The summed E-state index contributed by atoms with van der Waals surface area (Å²) < 4.78 is 2.88. The van der Waals surface area contributed by atoms with Crippen molar-refractivity contribution < 1.29 is 26.3 Å². The van der Waals surface area contributed by atoms with E-state index in [1.54, 1.807) is 7.05 Å². The van der Waals surface area contributed by atoms with Crippen molar-refractivity contribution in [2.45, 2.75) is 6.92 Å². The van der Waals surface area contributed by atoms with Gasteiger partial charge < -0.3 is 5.11 Å². The molecule has 4 nitrogen and oxygen atoms in total. The highest BCUT2D eigenvalue weighted by Gasteiger charge is 2.29. The zero-order chi connectivity index (χ0) is 16.4. The van der Waals surface area contributed by atoms with Gasteiger partial charge in [0.05, 0.1) is 0 Å². The van der Waals surface area contributed by atoms with Crippen LogP contribution in [0.2, 0.25) is 0 Å². The first-order valence-corrected chi connectivity index (χ1v) is 9.29. The van der Waals surface area contributed by atoms with Crippen LogP contribution in [0.5, 0.6) is 5.75 Å². The molecule has 3 rings (SSSR count). The van der Waals surface area contributed by atoms with E-state index < -0.39 is 21.2 Å². The van der Waals surface area contributed by atoms with Gasteiger partial charge in [0.25, 0.3) is 0 Å². The number of hydrogen-bond acceptors (Lipinski definition) is 3. The molecule has 1 N–H and O–H groups in total. The van der Waals surface area contributed by atoms with E-state index in [0.29, 0.717) is 9.26 Å². The van der Waals surface area contributed by atoms with Crippen molar-refractivity contribution in [2.24, 2.45) is 7.05 Å². The molecule has 0 aliphatic rings. The Kier molecular flexibility index (Phi) is 4.47. The van der Waals surface area contributed by atoms with E-state index in [4.69, 9.17) is 0 Å². The number of aromatic hydroxyl groups is 1. The van der Waals surface area contributed by atoms with Crippen LogP contribution in [-0.2, 0) is 7.05 Å². The fraction of sp³-hybridized carbons (Fsp3) is 0.111. The van der Waals surface area contributed by atoms with Crippen molar-refractivity contribution >= 4 is 0 Å². The molecule has 2 aromatic carbocycles. The molecule has 1 heterocycles. The summed E-state index contributed by atoms with van der Waals surface area (Å²) in [5, 5.41) is 14.8. The van der Waals surface area contributed by atoms with Crippen molar-refractivity contribution in [3.8, 4) is 17.0 Å². The first-order valence-electron chi connectivity index (χ1n) is 7.13. The Morgan fingerprint density at radius 3 is 2.35 bits per heavy atom. The van der Waals surface area contributed by atoms with E-state index in [-0.39, 0.29) is 11.3 Å². The average molecular weight is 419 g/mol. The third-order valence-corrected chi connectivity index (χ3v) is 6.28. The summed E-state index contributed by atoms with van der Waals surface area (Å²) in [6, 6.07) is 17.5. The van der Waals surface area contributed by atoms with Crippen molar-refractivity contribution in [2.75, 3.05) is 0 Å². The predicted molar refractivity (Wildman–Crippen MR) is 85.2 cm³/mol. The second kappa shape index (κ2) is 6.54. The molecule has 116 valence electrons. The minimum atomic E-state index is -0.776. The Bertz CT molecular complexity index is 887. The van der Waals surface area contributed by atoms with Gasteiger partial charge in [-0.2, -0.15) is 5.10 Å². The Labute approximate surface area is 144 Å². The molecular formula is C18H16IN2O2+. The van der Waals surface area contributed by atoms with E-state index in [2.05, 4.69) is 5.10 Å². The van der Waals surface area contributed by atoms with E-state index in [1.165, 1.54) is 10.2 Å². The van der Waals surface area contributed by atoms with Crippen LogP contribution < -0.4 is 26.8 Å². The first kappa shape index (κ1) is 15.7. The van der Waals surface area contributed by atoms with Crippen LogP contribution in [0.25, 0.3) is 11.3 Å². The molecule has 0 fully saturated rings. The van der Waals surface area contributed by atoms with Crippen molar-refractivity contribution in [1.82, 2.24) is 9.78 Å². The summed E-state index contributed by atoms with van der Waals surface area (Å²) in [6.07, 6.45) is 0. The largest absolute Gasteiger partial charge is 0.502 e. The zero-order valence-electron chi connectivity index (χ0n) is 12.8. The topological polar surface area (TPSA) is 55.1 Å². The number of rotatable bonds is 3. The molecule has 0 amide bonds. The first-order chi connectivity index (χ1) is 11.1. The maximum absolute atomic E-state index is 12.4. The summed E-state index contributed by atoms with van der Waals surface area (Å²) in [5.74, 6) is 0.00711. The van der Waals surface area contributed by atoms with Crippen molar-refractivity contribution in [3.63, 3.8) is 0 Å². The molecular weight excluding hydrogens is 403 g/mol. The Morgan fingerprint density at radius 1 is 1.04 bits per heavy atom. The van der Waals surface area contributed by atoms with Gasteiger partial charge >= 0.3 is 30.3 Å². The molecule has 0 radical (unpaired) electrons. The summed E-state index contributed by atoms with van der Waals surface area (Å²) in [5.41, 5.74) is 2.20. The third-order valence-electron chi connectivity index (χ3n) is 3.43. The molecule has 3 aromatic rings. The van der Waals surface area contributed by atoms with Gasteiger partial charge in [-0.15, -0.1) is 0 Å². The number of benzene rings is 2. The number of aromatic nitrogens is 2. The van der Waals surface area contributed by atoms with Gasteiger partial charge in [0, 0.05) is 12.6 Å². The van der Waals surface area contributed by atoms with Crippen molar-refractivity contribution in [1.29, 1.82) is 0 Å². The highest BCUT2D eigenvalue weighted by atomic mass is 127. The lowest BCUT2D eigenvalue weighted by Crippen LogP contribution is -3.62. The molecule has 0 spiro atoms. The average Bonchev–Trinajstić information content (AvgIpc) is 2.57. The van der Waals surface area contributed by atoms with Crippen LogP contribution in [0, 0.1) is 14.1 Å². The lowest BCUT2D eigenvalue weighted by atomic mass is 10.1. The molecule has 0 bridgehead atoms. The highest BCUT2D eigenvalue weighted by Crippen LogP contribution is 2.24. The van der Waals surface area contributed by atoms with Crippen LogP contribution in [0.3, 0.4) is 0 Å². The van der Waals surface area contributed by atoms with E-state index in [0.717, 1.165) is 9.13 Å². The van der Waals surface area contributed by atoms with E-state index >= 15 is 0 Å². The minimum Gasteiger partial charge on any atom is -0.502 e. The predicted octanol–water partition coefficient (Wildman–Crippen LogP) is -0.410. The summed E-state index contributed by atoms with van der Waals surface area (Å²) in [7, 11) is 1.62. The molecule has 0 saturated carbocycles. The minimum absolute atomic E-state index is 0.00711. The standard InChI is InChI=1S/C18H15IN2O2/c1-12-8-10-14(11-9-12)19-15-17(22)16(20-21(2)18(15)23)13-6-4-3-5-7-13/h3-11H,1-2H3/p+1. The van der Waals surface area contributed by atoms with Gasteiger partial charge in [-0.05, 0) is 19.1 Å². The fourth-order valence-corrected chi connectivity index (χ4v) is 4.60. The molecule has 0 aliphatic carbocycles. The molecule has 23 heavy (non-hydrogen) atoms. The monoisotopic (exact) mass is 419 g/mol. The van der Waals surface area contributed by atoms with Gasteiger partial charge in [0.2, 0.25) is 5.75 Å². The van der Waals surface area contributed by atoms with Gasteiger partial charge in [0.1, 0.15) is 5.69 Å². The third kappa shape index (κ3) is 3.29. The zero-order valence-corrected chi connectivity index (χ0v) is 15.0. The second-order valence-electron chi connectivity index (χ2n) is 5.20. The van der Waals surface area contributed by atoms with Gasteiger partial charge in [-0.25, -0.2) is 4.68 Å². The maximum atomic E-state index is 12.4. The Hall–Kier alpha value is -2.15.